The zero-order chi connectivity index (χ0) is 18.8. The maximum atomic E-state index is 2.63. The summed E-state index contributed by atoms with van der Waals surface area (Å²) in [6.07, 6.45) is 6.24. The van der Waals surface area contributed by atoms with Crippen LogP contribution in [-0.4, -0.2) is 37.0 Å². The van der Waals surface area contributed by atoms with E-state index in [1.54, 1.807) is 22.3 Å². The lowest BCUT2D eigenvalue weighted by Crippen LogP contribution is -2.44. The van der Waals surface area contributed by atoms with Gasteiger partial charge in [0.15, 0.2) is 0 Å². The van der Waals surface area contributed by atoms with E-state index < -0.39 is 0 Å². The maximum absolute atomic E-state index is 2.63. The van der Waals surface area contributed by atoms with Gasteiger partial charge in [-0.2, -0.15) is 0 Å². The molecule has 0 radical (unpaired) electrons. The first-order valence-corrected chi connectivity index (χ1v) is 10.8. The number of unbranched alkanes of at least 4 members (excludes halogenated alkanes) is 1. The lowest BCUT2D eigenvalue weighted by Gasteiger charge is -2.47. The summed E-state index contributed by atoms with van der Waals surface area (Å²) in [6, 6.07) is 19.4. The number of likely N-dealkylation sites (N-methyl/N-ethyl adjacent to an activating group) is 2. The van der Waals surface area contributed by atoms with Crippen LogP contribution in [-0.2, 0) is 12.8 Å². The largest absolute Gasteiger partial charge is 0.299 e. The van der Waals surface area contributed by atoms with Crippen molar-refractivity contribution >= 4 is 12.4 Å². The molecule has 2 aromatic rings. The summed E-state index contributed by atoms with van der Waals surface area (Å²) in [5.74, 6) is 0.628. The molecule has 0 spiro atoms. The molecule has 0 fully saturated rings. The number of halogens is 1. The Morgan fingerprint density at radius 3 is 1.75 bits per heavy atom. The fourth-order valence-corrected chi connectivity index (χ4v) is 5.49. The predicted octanol–water partition coefficient (Wildman–Crippen LogP) is 5.67. The zero-order valence-electron chi connectivity index (χ0n) is 17.6. The van der Waals surface area contributed by atoms with E-state index in [1.807, 2.05) is 0 Å². The van der Waals surface area contributed by atoms with Gasteiger partial charge < -0.3 is 0 Å². The fraction of sp³-hybridized carbons (Fsp3) is 0.520. The molecule has 0 aliphatic carbocycles. The highest BCUT2D eigenvalue weighted by Crippen LogP contribution is 2.46. The van der Waals surface area contributed by atoms with Gasteiger partial charge >= 0.3 is 0 Å². The number of benzene rings is 2. The van der Waals surface area contributed by atoms with Crippen molar-refractivity contribution in [3.05, 3.63) is 70.8 Å². The monoisotopic (exact) mass is 398 g/mol. The number of fused-ring (bicyclic) bond motifs is 2. The SMILES string of the molecule is CCCCC(C1c2ccccc2CCN1C)C1c2ccccc2CCN1C.Cl. The van der Waals surface area contributed by atoms with Crippen molar-refractivity contribution in [1.29, 1.82) is 0 Å². The van der Waals surface area contributed by atoms with Gasteiger partial charge in [-0.3, -0.25) is 9.80 Å². The minimum absolute atomic E-state index is 0. The lowest BCUT2D eigenvalue weighted by molar-refractivity contribution is 0.0684. The van der Waals surface area contributed by atoms with Crippen LogP contribution >= 0.6 is 12.4 Å². The van der Waals surface area contributed by atoms with Crippen LogP contribution in [0.15, 0.2) is 48.5 Å². The first-order chi connectivity index (χ1) is 13.2. The molecule has 2 aliphatic rings. The molecule has 3 heteroatoms. The Hall–Kier alpha value is -1.35. The molecule has 0 N–H and O–H groups in total. The van der Waals surface area contributed by atoms with Gasteiger partial charge in [-0.1, -0.05) is 68.3 Å². The highest BCUT2D eigenvalue weighted by Gasteiger charge is 2.39. The summed E-state index contributed by atoms with van der Waals surface area (Å²) >= 11 is 0. The summed E-state index contributed by atoms with van der Waals surface area (Å²) < 4.78 is 0. The van der Waals surface area contributed by atoms with E-state index in [9.17, 15) is 0 Å². The highest BCUT2D eigenvalue weighted by atomic mass is 35.5. The van der Waals surface area contributed by atoms with Crippen LogP contribution in [0.2, 0.25) is 0 Å². The third-order valence-corrected chi connectivity index (χ3v) is 6.87. The normalized spacial score (nSPS) is 23.4. The van der Waals surface area contributed by atoms with Gasteiger partial charge in [0.25, 0.3) is 0 Å². The molecule has 152 valence electrons. The smallest absolute Gasteiger partial charge is 0.0394 e. The Labute approximate surface area is 177 Å². The quantitative estimate of drug-likeness (QED) is 0.639. The average Bonchev–Trinajstić information content (AvgIpc) is 2.70. The summed E-state index contributed by atoms with van der Waals surface area (Å²) in [7, 11) is 4.68. The summed E-state index contributed by atoms with van der Waals surface area (Å²) in [5.41, 5.74) is 6.27. The first-order valence-electron chi connectivity index (χ1n) is 10.8. The Balaban J connectivity index is 0.00000225. The minimum atomic E-state index is 0. The zero-order valence-corrected chi connectivity index (χ0v) is 18.4. The van der Waals surface area contributed by atoms with Gasteiger partial charge in [-0.15, -0.1) is 12.4 Å². The van der Waals surface area contributed by atoms with Gasteiger partial charge in [-0.05, 0) is 61.5 Å². The van der Waals surface area contributed by atoms with Crippen molar-refractivity contribution in [3.63, 3.8) is 0 Å². The molecule has 2 atom stereocenters. The molecule has 2 aromatic carbocycles. The molecule has 0 saturated carbocycles. The summed E-state index contributed by atoms with van der Waals surface area (Å²) in [6.45, 7) is 4.67. The molecule has 0 bridgehead atoms. The van der Waals surface area contributed by atoms with Crippen molar-refractivity contribution in [3.8, 4) is 0 Å². The van der Waals surface area contributed by atoms with Gasteiger partial charge in [0.1, 0.15) is 0 Å². The lowest BCUT2D eigenvalue weighted by atomic mass is 9.74. The van der Waals surface area contributed by atoms with Crippen LogP contribution in [0.1, 0.15) is 60.5 Å². The molecule has 0 saturated heterocycles. The predicted molar refractivity (Wildman–Crippen MR) is 121 cm³/mol. The van der Waals surface area contributed by atoms with Crippen molar-refractivity contribution < 1.29 is 0 Å². The van der Waals surface area contributed by atoms with E-state index in [2.05, 4.69) is 79.3 Å². The van der Waals surface area contributed by atoms with Crippen LogP contribution in [0, 0.1) is 5.92 Å². The van der Waals surface area contributed by atoms with E-state index >= 15 is 0 Å². The fourth-order valence-electron chi connectivity index (χ4n) is 5.49. The molecular formula is C25H35ClN2. The van der Waals surface area contributed by atoms with Gasteiger partial charge in [0, 0.05) is 25.2 Å². The van der Waals surface area contributed by atoms with Crippen molar-refractivity contribution in [2.24, 2.45) is 5.92 Å². The third kappa shape index (κ3) is 4.01. The topological polar surface area (TPSA) is 6.48 Å². The summed E-state index contributed by atoms with van der Waals surface area (Å²) in [4.78, 5) is 5.27. The van der Waals surface area contributed by atoms with E-state index in [1.165, 1.54) is 45.2 Å². The second kappa shape index (κ2) is 9.43. The Morgan fingerprint density at radius 2 is 1.29 bits per heavy atom. The highest BCUT2D eigenvalue weighted by molar-refractivity contribution is 5.85. The molecular weight excluding hydrogens is 364 g/mol. The Bertz CT molecular complexity index is 713. The van der Waals surface area contributed by atoms with Crippen molar-refractivity contribution in [2.75, 3.05) is 27.2 Å². The third-order valence-electron chi connectivity index (χ3n) is 6.87. The standard InChI is InChI=1S/C25H34N2.ClH/c1-4-5-12-23(24-21-13-8-6-10-19(21)15-17-26(24)2)25-22-14-9-7-11-20(22)16-18-27(25)3;/h6-11,13-14,23-25H,4-5,12,15-18H2,1-3H3;1H. The van der Waals surface area contributed by atoms with Gasteiger partial charge in [0.05, 0.1) is 0 Å². The molecule has 0 amide bonds. The van der Waals surface area contributed by atoms with E-state index in [0.29, 0.717) is 18.0 Å². The molecule has 2 heterocycles. The number of hydrogen-bond acceptors (Lipinski definition) is 2. The Kier molecular flexibility index (Phi) is 7.20. The van der Waals surface area contributed by atoms with Crippen LogP contribution in [0.25, 0.3) is 0 Å². The maximum Gasteiger partial charge on any atom is 0.0394 e. The second-order valence-corrected chi connectivity index (χ2v) is 8.55. The molecule has 28 heavy (non-hydrogen) atoms. The molecule has 2 aliphatic heterocycles. The van der Waals surface area contributed by atoms with E-state index in [-0.39, 0.29) is 12.4 Å². The first kappa shape index (κ1) is 21.4. The van der Waals surface area contributed by atoms with Gasteiger partial charge in [0.2, 0.25) is 0 Å². The van der Waals surface area contributed by atoms with Crippen LogP contribution in [0.4, 0.5) is 0 Å². The van der Waals surface area contributed by atoms with Crippen molar-refractivity contribution in [1.82, 2.24) is 9.80 Å². The number of rotatable bonds is 5. The van der Waals surface area contributed by atoms with Crippen LogP contribution in [0.5, 0.6) is 0 Å². The Morgan fingerprint density at radius 1 is 0.821 bits per heavy atom. The summed E-state index contributed by atoms with van der Waals surface area (Å²) in [5, 5.41) is 0. The molecule has 4 rings (SSSR count). The number of nitrogens with zero attached hydrogens (tertiary/aromatic N) is 2. The van der Waals surface area contributed by atoms with E-state index in [4.69, 9.17) is 0 Å². The average molecular weight is 399 g/mol. The molecule has 2 unspecified atom stereocenters. The molecule has 2 nitrogen and oxygen atoms in total. The molecule has 0 aromatic heterocycles. The number of hydrogen-bond donors (Lipinski definition) is 0. The van der Waals surface area contributed by atoms with Crippen LogP contribution in [0.3, 0.4) is 0 Å². The van der Waals surface area contributed by atoms with Crippen LogP contribution < -0.4 is 0 Å². The van der Waals surface area contributed by atoms with Gasteiger partial charge in [-0.25, -0.2) is 0 Å². The minimum Gasteiger partial charge on any atom is -0.299 e. The van der Waals surface area contributed by atoms with E-state index in [0.717, 1.165) is 0 Å². The van der Waals surface area contributed by atoms with Crippen molar-refractivity contribution in [2.45, 2.75) is 51.1 Å². The second-order valence-electron chi connectivity index (χ2n) is 8.55.